The summed E-state index contributed by atoms with van der Waals surface area (Å²) < 4.78 is 12.2. The summed E-state index contributed by atoms with van der Waals surface area (Å²) in [5.41, 5.74) is -0.139. The van der Waals surface area contributed by atoms with Crippen LogP contribution in [0.4, 0.5) is 4.39 Å². The van der Waals surface area contributed by atoms with E-state index < -0.39 is 11.8 Å². The van der Waals surface area contributed by atoms with Crippen LogP contribution in [0.1, 0.15) is 10.4 Å². The standard InChI is InChI=1S/C7H5FO2.Cu.3H2O/c8-6-3-1-2-5(4-6)7(9)10;;;;/h1-4H,(H,9,10);;3*1H2/q;+2;;;/p-1. The maximum absolute atomic E-state index is 12.2. The number of carbonyl (C=O) groups is 1. The minimum Gasteiger partial charge on any atom is -0.545 e. The second-order valence-electron chi connectivity index (χ2n) is 1.80. The molecule has 0 heterocycles. The molecule has 1 rings (SSSR count). The maximum atomic E-state index is 12.2. The Bertz CT molecular complexity index is 268. The molecule has 0 bridgehead atoms. The summed E-state index contributed by atoms with van der Waals surface area (Å²) in [6.07, 6.45) is 0. The molecular formula is C7H10CuFO5+. The zero-order valence-corrected chi connectivity index (χ0v) is 7.75. The van der Waals surface area contributed by atoms with Gasteiger partial charge in [-0.25, -0.2) is 4.39 Å². The van der Waals surface area contributed by atoms with Crippen molar-refractivity contribution in [2.45, 2.75) is 0 Å². The molecule has 0 saturated heterocycles. The van der Waals surface area contributed by atoms with Crippen molar-refractivity contribution < 1.29 is 47.8 Å². The first-order valence-electron chi connectivity index (χ1n) is 2.67. The smallest absolute Gasteiger partial charge is 0.545 e. The summed E-state index contributed by atoms with van der Waals surface area (Å²) in [6, 6.07) is 4.68. The minimum absolute atomic E-state index is 0. The van der Waals surface area contributed by atoms with E-state index in [2.05, 4.69) is 0 Å². The van der Waals surface area contributed by atoms with Crippen LogP contribution >= 0.6 is 0 Å². The number of carboxylic acid groups (broad SMARTS) is 1. The maximum Gasteiger partial charge on any atom is 2.00 e. The molecule has 0 aliphatic carbocycles. The van der Waals surface area contributed by atoms with E-state index in [1.807, 2.05) is 0 Å². The monoisotopic (exact) mass is 256 g/mol. The van der Waals surface area contributed by atoms with Gasteiger partial charge in [0.05, 0.1) is 5.97 Å². The van der Waals surface area contributed by atoms with Crippen LogP contribution in [0.25, 0.3) is 0 Å². The zero-order chi connectivity index (χ0) is 7.56. The molecule has 14 heavy (non-hydrogen) atoms. The summed E-state index contributed by atoms with van der Waals surface area (Å²) >= 11 is 0. The van der Waals surface area contributed by atoms with E-state index >= 15 is 0 Å². The van der Waals surface area contributed by atoms with Crippen molar-refractivity contribution in [2.24, 2.45) is 0 Å². The van der Waals surface area contributed by atoms with Gasteiger partial charge in [0, 0.05) is 5.56 Å². The number of hydrogen-bond acceptors (Lipinski definition) is 2. The van der Waals surface area contributed by atoms with Crippen molar-refractivity contribution in [3.63, 3.8) is 0 Å². The first-order chi connectivity index (χ1) is 4.70. The van der Waals surface area contributed by atoms with Crippen LogP contribution in [0.2, 0.25) is 0 Å². The molecule has 0 unspecified atom stereocenters. The number of rotatable bonds is 1. The number of benzene rings is 1. The molecule has 0 aliphatic rings. The van der Waals surface area contributed by atoms with Crippen LogP contribution in [-0.4, -0.2) is 22.4 Å². The first kappa shape index (κ1) is 23.1. The van der Waals surface area contributed by atoms with Gasteiger partial charge in [-0.1, -0.05) is 12.1 Å². The predicted octanol–water partition coefficient (Wildman–Crippen LogP) is -2.29. The van der Waals surface area contributed by atoms with Gasteiger partial charge in [0.2, 0.25) is 0 Å². The average Bonchev–Trinajstić information content (AvgIpc) is 1.88. The molecule has 7 heteroatoms. The molecule has 1 aromatic carbocycles. The average molecular weight is 257 g/mol. The number of halogens is 1. The van der Waals surface area contributed by atoms with Gasteiger partial charge in [-0.15, -0.1) is 0 Å². The summed E-state index contributed by atoms with van der Waals surface area (Å²) in [4.78, 5) is 10.1. The van der Waals surface area contributed by atoms with E-state index in [0.717, 1.165) is 6.07 Å². The van der Waals surface area contributed by atoms with Crippen molar-refractivity contribution >= 4 is 5.97 Å². The van der Waals surface area contributed by atoms with Crippen molar-refractivity contribution in [3.05, 3.63) is 35.6 Å². The fraction of sp³-hybridized carbons (Fsp3) is 0. The summed E-state index contributed by atoms with van der Waals surface area (Å²) in [5.74, 6) is -1.93. The summed E-state index contributed by atoms with van der Waals surface area (Å²) in [6.45, 7) is 0. The minimum atomic E-state index is -1.36. The molecule has 5 nitrogen and oxygen atoms in total. The van der Waals surface area contributed by atoms with Gasteiger partial charge in [0.1, 0.15) is 5.82 Å². The zero-order valence-electron chi connectivity index (χ0n) is 6.81. The Hall–Kier alpha value is -0.981. The molecule has 6 N–H and O–H groups in total. The molecular weight excluding hydrogens is 247 g/mol. The van der Waals surface area contributed by atoms with Gasteiger partial charge < -0.3 is 26.3 Å². The topological polar surface area (TPSA) is 135 Å². The van der Waals surface area contributed by atoms with E-state index in [0.29, 0.717) is 0 Å². The van der Waals surface area contributed by atoms with Crippen LogP contribution in [0, 0.1) is 5.82 Å². The molecule has 0 fully saturated rings. The van der Waals surface area contributed by atoms with Gasteiger partial charge in [-0.3, -0.25) is 0 Å². The van der Waals surface area contributed by atoms with Crippen molar-refractivity contribution in [2.75, 3.05) is 0 Å². The van der Waals surface area contributed by atoms with Gasteiger partial charge in [0.15, 0.2) is 0 Å². The number of carbonyl (C=O) groups excluding carboxylic acids is 1. The Balaban J connectivity index is -0.000000125. The molecule has 0 amide bonds. The second kappa shape index (κ2) is 10.1. The number of aromatic carboxylic acids is 1. The SMILES string of the molecule is O.O.O.O=C([O-])c1cccc(F)c1.[Cu+2]. The van der Waals surface area contributed by atoms with Crippen LogP contribution in [0.5, 0.6) is 0 Å². The third kappa shape index (κ3) is 6.53. The van der Waals surface area contributed by atoms with E-state index in [4.69, 9.17) is 0 Å². The molecule has 1 radical (unpaired) electrons. The Morgan fingerprint density at radius 1 is 1.21 bits per heavy atom. The molecule has 0 atom stereocenters. The Morgan fingerprint density at radius 2 is 1.71 bits per heavy atom. The van der Waals surface area contributed by atoms with Crippen molar-refractivity contribution in [1.82, 2.24) is 0 Å². The van der Waals surface area contributed by atoms with E-state index in [1.54, 1.807) is 0 Å². The number of carboxylic acids is 1. The van der Waals surface area contributed by atoms with Gasteiger partial charge >= 0.3 is 17.1 Å². The van der Waals surface area contributed by atoms with Crippen molar-refractivity contribution in [3.8, 4) is 0 Å². The largest absolute Gasteiger partial charge is 2.00 e. The van der Waals surface area contributed by atoms with Gasteiger partial charge in [-0.05, 0) is 12.1 Å². The van der Waals surface area contributed by atoms with Crippen molar-refractivity contribution in [1.29, 1.82) is 0 Å². The Labute approximate surface area is 90.0 Å². The molecule has 85 valence electrons. The quantitative estimate of drug-likeness (QED) is 0.523. The van der Waals surface area contributed by atoms with E-state index in [1.165, 1.54) is 18.2 Å². The fourth-order valence-corrected chi connectivity index (χ4v) is 0.615. The Morgan fingerprint density at radius 3 is 2.00 bits per heavy atom. The van der Waals surface area contributed by atoms with E-state index in [-0.39, 0.29) is 39.1 Å². The molecule has 0 saturated carbocycles. The van der Waals surface area contributed by atoms with Gasteiger partial charge in [0.25, 0.3) is 0 Å². The molecule has 0 aromatic heterocycles. The third-order valence-electron chi connectivity index (χ3n) is 1.06. The van der Waals surface area contributed by atoms with Gasteiger partial charge in [-0.2, -0.15) is 0 Å². The van der Waals surface area contributed by atoms with Crippen LogP contribution < -0.4 is 5.11 Å². The molecule has 0 aliphatic heterocycles. The summed E-state index contributed by atoms with van der Waals surface area (Å²) in [7, 11) is 0. The second-order valence-corrected chi connectivity index (χ2v) is 1.80. The fourth-order valence-electron chi connectivity index (χ4n) is 0.615. The third-order valence-corrected chi connectivity index (χ3v) is 1.06. The normalized spacial score (nSPS) is 6.64. The summed E-state index contributed by atoms with van der Waals surface area (Å²) in [5, 5.41) is 10.1. The van der Waals surface area contributed by atoms with Crippen LogP contribution in [-0.2, 0) is 17.1 Å². The van der Waals surface area contributed by atoms with Crippen LogP contribution in [0.15, 0.2) is 24.3 Å². The van der Waals surface area contributed by atoms with E-state index in [9.17, 15) is 14.3 Å². The molecule has 1 aromatic rings. The molecule has 0 spiro atoms. The predicted molar refractivity (Wildman–Crippen MR) is 41.6 cm³/mol. The van der Waals surface area contributed by atoms with Crippen LogP contribution in [0.3, 0.4) is 0 Å². The Kier molecular flexibility index (Phi) is 16.7. The first-order valence-corrected chi connectivity index (χ1v) is 2.67. The number of hydrogen-bond donors (Lipinski definition) is 0.